The summed E-state index contributed by atoms with van der Waals surface area (Å²) in [5.74, 6) is 1.50. The lowest BCUT2D eigenvalue weighted by atomic mass is 10.1. The number of fused-ring (bicyclic) bond motifs is 1. The molecule has 1 amide bonds. The SMILES string of the molecule is Cc1nc(C2CC2)nc2sc(C(=O)NCCCN3CCN(Cc4ccccc4)CC3)c(C)c12. The van der Waals surface area contributed by atoms with E-state index in [1.165, 1.54) is 29.7 Å². The van der Waals surface area contributed by atoms with Gasteiger partial charge in [0.05, 0.1) is 10.6 Å². The number of nitrogens with zero attached hydrogens (tertiary/aromatic N) is 4. The molecule has 2 aromatic heterocycles. The maximum Gasteiger partial charge on any atom is 0.261 e. The van der Waals surface area contributed by atoms with Gasteiger partial charge in [-0.3, -0.25) is 9.69 Å². The van der Waals surface area contributed by atoms with E-state index in [4.69, 9.17) is 9.97 Å². The standard InChI is InChI=1S/C26H33N5OS/c1-18-22-19(2)28-24(21-9-10-21)29-26(22)33-23(18)25(32)27-11-6-12-30-13-15-31(16-14-30)17-20-7-4-3-5-8-20/h3-5,7-8,21H,6,9-17H2,1-2H3,(H,27,32). The van der Waals surface area contributed by atoms with Crippen LogP contribution in [0.1, 0.15) is 57.5 Å². The van der Waals surface area contributed by atoms with E-state index >= 15 is 0 Å². The van der Waals surface area contributed by atoms with Crippen molar-refractivity contribution in [2.75, 3.05) is 39.3 Å². The van der Waals surface area contributed by atoms with Crippen LogP contribution in [0.2, 0.25) is 0 Å². The Bertz CT molecular complexity index is 1120. The Kier molecular flexibility index (Phi) is 6.71. The molecule has 1 aliphatic heterocycles. The molecule has 1 aromatic carbocycles. The van der Waals surface area contributed by atoms with Gasteiger partial charge in [-0.15, -0.1) is 11.3 Å². The molecule has 0 radical (unpaired) electrons. The molecule has 6 nitrogen and oxygen atoms in total. The van der Waals surface area contributed by atoms with E-state index in [9.17, 15) is 4.79 Å². The zero-order valence-corrected chi connectivity index (χ0v) is 20.5. The first-order valence-corrected chi connectivity index (χ1v) is 12.9. The van der Waals surface area contributed by atoms with Crippen LogP contribution in [0.5, 0.6) is 0 Å². The van der Waals surface area contributed by atoms with Crippen molar-refractivity contribution < 1.29 is 4.79 Å². The third-order valence-corrected chi connectivity index (χ3v) is 7.97. The minimum atomic E-state index is 0.0237. The predicted molar refractivity (Wildman–Crippen MR) is 134 cm³/mol. The van der Waals surface area contributed by atoms with Gasteiger partial charge in [-0.25, -0.2) is 9.97 Å². The van der Waals surface area contributed by atoms with Crippen molar-refractivity contribution in [3.05, 3.63) is 57.9 Å². The van der Waals surface area contributed by atoms with Gasteiger partial charge < -0.3 is 10.2 Å². The summed E-state index contributed by atoms with van der Waals surface area (Å²) in [6.07, 6.45) is 3.34. The fourth-order valence-electron chi connectivity index (χ4n) is 4.70. The van der Waals surface area contributed by atoms with Crippen molar-refractivity contribution in [1.29, 1.82) is 0 Å². The normalized spacial score (nSPS) is 17.5. The fourth-order valence-corrected chi connectivity index (χ4v) is 5.85. The number of piperazine rings is 1. The lowest BCUT2D eigenvalue weighted by Crippen LogP contribution is -2.46. The molecule has 2 aliphatic rings. The molecule has 3 aromatic rings. The monoisotopic (exact) mass is 463 g/mol. The van der Waals surface area contributed by atoms with Gasteiger partial charge in [-0.2, -0.15) is 0 Å². The Morgan fingerprint density at radius 1 is 1.06 bits per heavy atom. The number of aryl methyl sites for hydroxylation is 2. The van der Waals surface area contributed by atoms with Crippen LogP contribution in [-0.4, -0.2) is 64.9 Å². The summed E-state index contributed by atoms with van der Waals surface area (Å²) >= 11 is 1.51. The highest BCUT2D eigenvalue weighted by molar-refractivity contribution is 7.20. The summed E-state index contributed by atoms with van der Waals surface area (Å²) in [5.41, 5.74) is 3.40. The number of hydrogen-bond donors (Lipinski definition) is 1. The average Bonchev–Trinajstić information content (AvgIpc) is 3.62. The van der Waals surface area contributed by atoms with Gasteiger partial charge in [0.2, 0.25) is 0 Å². The minimum absolute atomic E-state index is 0.0237. The Morgan fingerprint density at radius 2 is 1.79 bits per heavy atom. The number of amides is 1. The Morgan fingerprint density at radius 3 is 2.52 bits per heavy atom. The summed E-state index contributed by atoms with van der Waals surface area (Å²) in [7, 11) is 0. The van der Waals surface area contributed by atoms with Crippen LogP contribution in [0.15, 0.2) is 30.3 Å². The van der Waals surface area contributed by atoms with Gasteiger partial charge in [0.25, 0.3) is 5.91 Å². The van der Waals surface area contributed by atoms with Crippen molar-refractivity contribution in [3.8, 4) is 0 Å². The van der Waals surface area contributed by atoms with E-state index in [1.807, 2.05) is 13.8 Å². The highest BCUT2D eigenvalue weighted by Gasteiger charge is 2.28. The van der Waals surface area contributed by atoms with Crippen LogP contribution < -0.4 is 5.32 Å². The molecule has 3 heterocycles. The smallest absolute Gasteiger partial charge is 0.261 e. The summed E-state index contributed by atoms with van der Waals surface area (Å²) in [6.45, 7) is 11.2. The molecule has 5 rings (SSSR count). The molecule has 33 heavy (non-hydrogen) atoms. The van der Waals surface area contributed by atoms with Crippen LogP contribution >= 0.6 is 11.3 Å². The molecule has 2 fully saturated rings. The summed E-state index contributed by atoms with van der Waals surface area (Å²) in [5, 5.41) is 4.20. The second-order valence-electron chi connectivity index (χ2n) is 9.39. The number of aromatic nitrogens is 2. The fraction of sp³-hybridized carbons (Fsp3) is 0.500. The zero-order valence-electron chi connectivity index (χ0n) is 19.6. The zero-order chi connectivity index (χ0) is 22.8. The van der Waals surface area contributed by atoms with E-state index in [1.54, 1.807) is 0 Å². The quantitative estimate of drug-likeness (QED) is 0.509. The number of thiophene rings is 1. The summed E-state index contributed by atoms with van der Waals surface area (Å²) < 4.78 is 0. The predicted octanol–water partition coefficient (Wildman–Crippen LogP) is 4.12. The maximum absolute atomic E-state index is 12.9. The molecule has 1 saturated heterocycles. The van der Waals surface area contributed by atoms with Crippen molar-refractivity contribution in [1.82, 2.24) is 25.1 Å². The molecule has 7 heteroatoms. The van der Waals surface area contributed by atoms with Gasteiger partial charge in [0.15, 0.2) is 0 Å². The third-order valence-electron chi connectivity index (χ3n) is 6.79. The first kappa shape index (κ1) is 22.4. The number of carbonyl (C=O) groups is 1. The first-order valence-electron chi connectivity index (χ1n) is 12.1. The second-order valence-corrected chi connectivity index (χ2v) is 10.4. The molecule has 1 N–H and O–H groups in total. The number of hydrogen-bond acceptors (Lipinski definition) is 6. The Labute approximate surface area is 200 Å². The van der Waals surface area contributed by atoms with Gasteiger partial charge >= 0.3 is 0 Å². The van der Waals surface area contributed by atoms with E-state index in [0.717, 1.165) is 77.9 Å². The molecule has 0 unspecified atom stereocenters. The van der Waals surface area contributed by atoms with Crippen molar-refractivity contribution in [2.24, 2.45) is 0 Å². The molecule has 0 atom stereocenters. The maximum atomic E-state index is 12.9. The number of rotatable bonds is 8. The largest absolute Gasteiger partial charge is 0.351 e. The van der Waals surface area contributed by atoms with E-state index < -0.39 is 0 Å². The van der Waals surface area contributed by atoms with Crippen LogP contribution in [0.4, 0.5) is 0 Å². The van der Waals surface area contributed by atoms with Gasteiger partial charge in [0.1, 0.15) is 10.7 Å². The minimum Gasteiger partial charge on any atom is -0.351 e. The third kappa shape index (κ3) is 5.26. The highest BCUT2D eigenvalue weighted by atomic mass is 32.1. The molecule has 174 valence electrons. The van der Waals surface area contributed by atoms with Crippen LogP contribution in [0.25, 0.3) is 10.2 Å². The molecule has 1 aliphatic carbocycles. The molecule has 0 bridgehead atoms. The van der Waals surface area contributed by atoms with Crippen molar-refractivity contribution in [3.63, 3.8) is 0 Å². The second kappa shape index (κ2) is 9.87. The van der Waals surface area contributed by atoms with E-state index in [2.05, 4.69) is 45.4 Å². The molecule has 0 spiro atoms. The van der Waals surface area contributed by atoms with Gasteiger partial charge in [0, 0.05) is 50.6 Å². The number of nitrogens with one attached hydrogen (secondary N) is 1. The Balaban J connectivity index is 1.08. The van der Waals surface area contributed by atoms with Gasteiger partial charge in [-0.1, -0.05) is 30.3 Å². The summed E-state index contributed by atoms with van der Waals surface area (Å²) in [6, 6.07) is 10.7. The topological polar surface area (TPSA) is 61.4 Å². The van der Waals surface area contributed by atoms with E-state index in [0.29, 0.717) is 12.5 Å². The average molecular weight is 464 g/mol. The highest BCUT2D eigenvalue weighted by Crippen LogP contribution is 2.40. The van der Waals surface area contributed by atoms with Crippen LogP contribution in [0, 0.1) is 13.8 Å². The van der Waals surface area contributed by atoms with E-state index in [-0.39, 0.29) is 5.91 Å². The van der Waals surface area contributed by atoms with Gasteiger partial charge in [-0.05, 0) is 50.8 Å². The number of benzene rings is 1. The first-order chi connectivity index (χ1) is 16.1. The molecular formula is C26H33N5OS. The molecular weight excluding hydrogens is 430 g/mol. The van der Waals surface area contributed by atoms with Crippen LogP contribution in [0.3, 0.4) is 0 Å². The van der Waals surface area contributed by atoms with Crippen LogP contribution in [-0.2, 0) is 6.54 Å². The van der Waals surface area contributed by atoms with Crippen molar-refractivity contribution >= 4 is 27.5 Å². The Hall–Kier alpha value is -2.35. The number of carbonyl (C=O) groups excluding carboxylic acids is 1. The summed E-state index contributed by atoms with van der Waals surface area (Å²) in [4.78, 5) is 29.1. The lowest BCUT2D eigenvalue weighted by Gasteiger charge is -2.34. The molecule has 1 saturated carbocycles. The lowest BCUT2D eigenvalue weighted by molar-refractivity contribution is 0.0950. The van der Waals surface area contributed by atoms with Crippen molar-refractivity contribution in [2.45, 2.75) is 45.6 Å².